The first-order valence-electron chi connectivity index (χ1n) is 7.78. The van der Waals surface area contributed by atoms with Crippen LogP contribution in [0.4, 0.5) is 0 Å². The molecule has 0 saturated heterocycles. The Balaban J connectivity index is 1.36. The molecule has 24 heavy (non-hydrogen) atoms. The first kappa shape index (κ1) is 16.5. The van der Waals surface area contributed by atoms with E-state index in [1.54, 1.807) is 12.2 Å². The lowest BCUT2D eigenvalue weighted by atomic mass is 10.2. The number of amides is 1. The number of thioether (sulfide) groups is 1. The van der Waals surface area contributed by atoms with Gasteiger partial charge in [0.05, 0.1) is 0 Å². The standard InChI is InChI=1S/C19H19NO3S/c21-19(20-10-11-24-13-16-4-2-1-3-5-16)9-7-15-6-8-17-18(12-15)23-14-22-17/h1-9,12H,10-11,13-14H2,(H,20,21)/b9-7+. The third kappa shape index (κ3) is 4.80. The molecule has 4 nitrogen and oxygen atoms in total. The number of hydrogen-bond donors (Lipinski definition) is 1. The van der Waals surface area contributed by atoms with Crippen LogP contribution in [0.5, 0.6) is 11.5 Å². The van der Waals surface area contributed by atoms with Gasteiger partial charge in [0.2, 0.25) is 12.7 Å². The van der Waals surface area contributed by atoms with Gasteiger partial charge < -0.3 is 14.8 Å². The minimum Gasteiger partial charge on any atom is -0.454 e. The van der Waals surface area contributed by atoms with Crippen molar-refractivity contribution in [2.75, 3.05) is 19.1 Å². The predicted molar refractivity (Wildman–Crippen MR) is 97.2 cm³/mol. The maximum Gasteiger partial charge on any atom is 0.244 e. The molecule has 0 atom stereocenters. The highest BCUT2D eigenvalue weighted by atomic mass is 32.2. The summed E-state index contributed by atoms with van der Waals surface area (Å²) in [6.45, 7) is 0.908. The van der Waals surface area contributed by atoms with Crippen molar-refractivity contribution >= 4 is 23.7 Å². The zero-order valence-electron chi connectivity index (χ0n) is 13.2. The van der Waals surface area contributed by atoms with Crippen molar-refractivity contribution in [3.8, 4) is 11.5 Å². The first-order chi connectivity index (χ1) is 11.8. The third-order valence-electron chi connectivity index (χ3n) is 3.48. The summed E-state index contributed by atoms with van der Waals surface area (Å²) in [7, 11) is 0. The van der Waals surface area contributed by atoms with E-state index in [0.29, 0.717) is 6.54 Å². The fraction of sp³-hybridized carbons (Fsp3) is 0.211. The summed E-state index contributed by atoms with van der Waals surface area (Å²) in [5, 5.41) is 2.89. The Kier molecular flexibility index (Phi) is 5.80. The molecule has 1 aliphatic heterocycles. The summed E-state index contributed by atoms with van der Waals surface area (Å²) in [6.07, 6.45) is 3.31. The minimum atomic E-state index is -0.0898. The zero-order chi connectivity index (χ0) is 16.6. The quantitative estimate of drug-likeness (QED) is 0.619. The summed E-state index contributed by atoms with van der Waals surface area (Å²) >= 11 is 1.81. The van der Waals surface area contributed by atoms with Gasteiger partial charge in [-0.15, -0.1) is 0 Å². The fourth-order valence-electron chi connectivity index (χ4n) is 2.26. The van der Waals surface area contributed by atoms with Gasteiger partial charge in [-0.2, -0.15) is 11.8 Å². The Bertz CT molecular complexity index is 716. The first-order valence-corrected chi connectivity index (χ1v) is 8.94. The average Bonchev–Trinajstić information content (AvgIpc) is 3.08. The number of carbonyl (C=O) groups is 1. The number of ether oxygens (including phenoxy) is 2. The average molecular weight is 341 g/mol. The van der Waals surface area contributed by atoms with Crippen LogP contribution in [-0.2, 0) is 10.5 Å². The summed E-state index contributed by atoms with van der Waals surface area (Å²) in [5.74, 6) is 3.22. The fourth-order valence-corrected chi connectivity index (χ4v) is 3.08. The molecule has 0 saturated carbocycles. The van der Waals surface area contributed by atoms with Crippen LogP contribution in [0.2, 0.25) is 0 Å². The van der Waals surface area contributed by atoms with E-state index in [1.807, 2.05) is 48.2 Å². The molecule has 5 heteroatoms. The molecule has 1 N–H and O–H groups in total. The van der Waals surface area contributed by atoms with Crippen molar-refractivity contribution in [2.45, 2.75) is 5.75 Å². The lowest BCUT2D eigenvalue weighted by Crippen LogP contribution is -2.23. The topological polar surface area (TPSA) is 47.6 Å². The molecule has 0 fully saturated rings. The van der Waals surface area contributed by atoms with Gasteiger partial charge in [-0.3, -0.25) is 4.79 Å². The molecule has 0 aliphatic carbocycles. The summed E-state index contributed by atoms with van der Waals surface area (Å²) in [6, 6.07) is 15.9. The highest BCUT2D eigenvalue weighted by molar-refractivity contribution is 7.98. The number of rotatable bonds is 7. The summed E-state index contributed by atoms with van der Waals surface area (Å²) in [4.78, 5) is 11.8. The van der Waals surface area contributed by atoms with E-state index >= 15 is 0 Å². The van der Waals surface area contributed by atoms with Gasteiger partial charge in [0.15, 0.2) is 11.5 Å². The monoisotopic (exact) mass is 341 g/mol. The van der Waals surface area contributed by atoms with Crippen LogP contribution in [0.1, 0.15) is 11.1 Å². The van der Waals surface area contributed by atoms with Crippen LogP contribution in [0.3, 0.4) is 0 Å². The van der Waals surface area contributed by atoms with E-state index < -0.39 is 0 Å². The second-order valence-corrected chi connectivity index (χ2v) is 6.38. The van der Waals surface area contributed by atoms with Gasteiger partial charge >= 0.3 is 0 Å². The van der Waals surface area contributed by atoms with Gasteiger partial charge in [-0.25, -0.2) is 0 Å². The number of benzene rings is 2. The van der Waals surface area contributed by atoms with Crippen molar-refractivity contribution in [3.05, 3.63) is 65.7 Å². The number of fused-ring (bicyclic) bond motifs is 1. The van der Waals surface area contributed by atoms with Crippen molar-refractivity contribution in [1.82, 2.24) is 5.32 Å². The summed E-state index contributed by atoms with van der Waals surface area (Å²) < 4.78 is 10.6. The number of carbonyl (C=O) groups excluding carboxylic acids is 1. The van der Waals surface area contributed by atoms with E-state index in [9.17, 15) is 4.79 Å². The molecule has 0 bridgehead atoms. The second-order valence-electron chi connectivity index (χ2n) is 5.28. The molecular weight excluding hydrogens is 322 g/mol. The van der Waals surface area contributed by atoms with E-state index in [2.05, 4.69) is 17.4 Å². The van der Waals surface area contributed by atoms with Crippen LogP contribution in [-0.4, -0.2) is 25.0 Å². The molecule has 0 aromatic heterocycles. The minimum absolute atomic E-state index is 0.0898. The van der Waals surface area contributed by atoms with E-state index in [4.69, 9.17) is 9.47 Å². The molecule has 1 aliphatic rings. The van der Waals surface area contributed by atoms with Crippen LogP contribution >= 0.6 is 11.8 Å². The smallest absolute Gasteiger partial charge is 0.244 e. The van der Waals surface area contributed by atoms with Gasteiger partial charge in [-0.05, 0) is 29.3 Å². The maximum atomic E-state index is 11.8. The Morgan fingerprint density at radius 1 is 1.12 bits per heavy atom. The molecule has 0 radical (unpaired) electrons. The Hall–Kier alpha value is -2.40. The Morgan fingerprint density at radius 3 is 2.83 bits per heavy atom. The molecule has 1 amide bonds. The van der Waals surface area contributed by atoms with Crippen LogP contribution < -0.4 is 14.8 Å². The molecule has 3 rings (SSSR count). The molecule has 0 spiro atoms. The Labute approximate surface area is 145 Å². The maximum absolute atomic E-state index is 11.8. The van der Waals surface area contributed by atoms with Crippen molar-refractivity contribution in [2.24, 2.45) is 0 Å². The van der Waals surface area contributed by atoms with Crippen LogP contribution in [0.25, 0.3) is 6.08 Å². The normalized spacial score (nSPS) is 12.5. The molecule has 2 aromatic rings. The predicted octanol–water partition coefficient (Wildman–Crippen LogP) is 3.48. The van der Waals surface area contributed by atoms with Crippen molar-refractivity contribution in [3.63, 3.8) is 0 Å². The van der Waals surface area contributed by atoms with E-state index in [1.165, 1.54) is 5.56 Å². The third-order valence-corrected chi connectivity index (χ3v) is 4.51. The highest BCUT2D eigenvalue weighted by Gasteiger charge is 2.12. The molecule has 2 aromatic carbocycles. The van der Waals surface area contributed by atoms with E-state index in [-0.39, 0.29) is 12.7 Å². The van der Waals surface area contributed by atoms with Crippen molar-refractivity contribution < 1.29 is 14.3 Å². The largest absolute Gasteiger partial charge is 0.454 e. The molecule has 124 valence electrons. The van der Waals surface area contributed by atoms with E-state index in [0.717, 1.165) is 28.6 Å². The number of nitrogens with one attached hydrogen (secondary N) is 1. The molecule has 0 unspecified atom stereocenters. The molecule has 1 heterocycles. The van der Waals surface area contributed by atoms with Gasteiger partial charge in [0.1, 0.15) is 0 Å². The zero-order valence-corrected chi connectivity index (χ0v) is 14.1. The lowest BCUT2D eigenvalue weighted by molar-refractivity contribution is -0.116. The molecular formula is C19H19NO3S. The second kappa shape index (κ2) is 8.45. The Morgan fingerprint density at radius 2 is 1.96 bits per heavy atom. The van der Waals surface area contributed by atoms with Crippen molar-refractivity contribution in [1.29, 1.82) is 0 Å². The highest BCUT2D eigenvalue weighted by Crippen LogP contribution is 2.32. The van der Waals surface area contributed by atoms with Gasteiger partial charge in [-0.1, -0.05) is 36.4 Å². The SMILES string of the molecule is O=C(/C=C/c1ccc2c(c1)OCO2)NCCSCc1ccccc1. The van der Waals surface area contributed by atoms with Gasteiger partial charge in [0.25, 0.3) is 0 Å². The van der Waals surface area contributed by atoms with Crippen LogP contribution in [0, 0.1) is 0 Å². The van der Waals surface area contributed by atoms with Crippen LogP contribution in [0.15, 0.2) is 54.6 Å². The lowest BCUT2D eigenvalue weighted by Gasteiger charge is -2.03. The number of hydrogen-bond acceptors (Lipinski definition) is 4. The summed E-state index contributed by atoms with van der Waals surface area (Å²) in [5.41, 5.74) is 2.21. The van der Waals surface area contributed by atoms with Gasteiger partial charge in [0, 0.05) is 24.1 Å².